The topological polar surface area (TPSA) is 95.7 Å². The molecule has 1 aromatic carbocycles. The summed E-state index contributed by atoms with van der Waals surface area (Å²) in [5.74, 6) is 0.431. The van der Waals surface area contributed by atoms with Crippen molar-refractivity contribution in [1.29, 1.82) is 0 Å². The summed E-state index contributed by atoms with van der Waals surface area (Å²) in [6.45, 7) is 0.368. The number of hydrogen-bond donors (Lipinski definition) is 3. The minimum atomic E-state index is -0.409. The molecule has 3 rings (SSSR count). The van der Waals surface area contributed by atoms with Crippen molar-refractivity contribution in [3.05, 3.63) is 60.3 Å². The van der Waals surface area contributed by atoms with E-state index in [1.54, 1.807) is 13.1 Å². The van der Waals surface area contributed by atoms with Gasteiger partial charge in [-0.15, -0.1) is 10.2 Å². The summed E-state index contributed by atoms with van der Waals surface area (Å²) in [5, 5.41) is 16.7. The number of guanidine groups is 1. The molecule has 8 nitrogen and oxygen atoms in total. The van der Waals surface area contributed by atoms with Gasteiger partial charge < -0.3 is 16.0 Å². The van der Waals surface area contributed by atoms with E-state index in [0.29, 0.717) is 24.0 Å². The van der Waals surface area contributed by atoms with Gasteiger partial charge in [0.05, 0.1) is 13.1 Å². The van der Waals surface area contributed by atoms with E-state index in [0.717, 1.165) is 5.65 Å². The quantitative estimate of drug-likeness (QED) is 0.472. The molecule has 0 fully saturated rings. The number of fused-ring (bicyclic) bond motifs is 1. The second kappa shape index (κ2) is 8.06. The highest BCUT2D eigenvalue weighted by molar-refractivity contribution is 5.94. The Balaban J connectivity index is 1.51. The highest BCUT2D eigenvalue weighted by atomic mass is 19.1. The molecule has 0 atom stereocenters. The van der Waals surface area contributed by atoms with Crippen LogP contribution in [0.1, 0.15) is 5.82 Å². The number of pyridine rings is 1. The van der Waals surface area contributed by atoms with E-state index in [-0.39, 0.29) is 12.5 Å². The zero-order chi connectivity index (χ0) is 18.4. The number of amides is 1. The smallest absolute Gasteiger partial charge is 0.243 e. The van der Waals surface area contributed by atoms with E-state index in [9.17, 15) is 9.18 Å². The van der Waals surface area contributed by atoms with Crippen LogP contribution in [0, 0.1) is 5.82 Å². The highest BCUT2D eigenvalue weighted by Crippen LogP contribution is 2.08. The van der Waals surface area contributed by atoms with Crippen LogP contribution in [-0.2, 0) is 11.3 Å². The lowest BCUT2D eigenvalue weighted by atomic mass is 10.3. The van der Waals surface area contributed by atoms with E-state index in [4.69, 9.17) is 0 Å². The number of benzene rings is 1. The Kier molecular flexibility index (Phi) is 5.37. The lowest BCUT2D eigenvalue weighted by Crippen LogP contribution is -2.41. The number of carbonyl (C=O) groups is 1. The number of aromatic nitrogens is 3. The predicted octanol–water partition coefficient (Wildman–Crippen LogP) is 1.17. The Morgan fingerprint density at radius 3 is 2.88 bits per heavy atom. The van der Waals surface area contributed by atoms with Gasteiger partial charge in [-0.25, -0.2) is 4.39 Å². The van der Waals surface area contributed by atoms with Crippen molar-refractivity contribution in [3.63, 3.8) is 0 Å². The van der Waals surface area contributed by atoms with Crippen molar-refractivity contribution in [3.8, 4) is 0 Å². The molecule has 134 valence electrons. The second-order valence-electron chi connectivity index (χ2n) is 5.38. The number of anilines is 1. The zero-order valence-electron chi connectivity index (χ0n) is 14.1. The van der Waals surface area contributed by atoms with E-state index in [2.05, 4.69) is 31.1 Å². The Bertz CT molecular complexity index is 938. The summed E-state index contributed by atoms with van der Waals surface area (Å²) in [6, 6.07) is 11.4. The molecule has 0 unspecified atom stereocenters. The fraction of sp³-hybridized carbons (Fsp3) is 0.176. The average molecular weight is 355 g/mol. The van der Waals surface area contributed by atoms with Gasteiger partial charge in [0.15, 0.2) is 17.4 Å². The predicted molar refractivity (Wildman–Crippen MR) is 96.2 cm³/mol. The third-order valence-electron chi connectivity index (χ3n) is 3.55. The molecule has 2 aromatic heterocycles. The summed E-state index contributed by atoms with van der Waals surface area (Å²) in [6.07, 6.45) is 1.87. The molecule has 0 aliphatic carbocycles. The minimum Gasteiger partial charge on any atom is -0.349 e. The number of nitrogens with one attached hydrogen (secondary N) is 3. The molecular weight excluding hydrogens is 337 g/mol. The molecule has 26 heavy (non-hydrogen) atoms. The first-order chi connectivity index (χ1) is 12.7. The van der Waals surface area contributed by atoms with Gasteiger partial charge in [-0.2, -0.15) is 0 Å². The van der Waals surface area contributed by atoms with Crippen LogP contribution in [0.5, 0.6) is 0 Å². The second-order valence-corrected chi connectivity index (χ2v) is 5.38. The Morgan fingerprint density at radius 1 is 1.19 bits per heavy atom. The third kappa shape index (κ3) is 4.32. The molecule has 0 bridgehead atoms. The van der Waals surface area contributed by atoms with E-state index >= 15 is 0 Å². The van der Waals surface area contributed by atoms with Gasteiger partial charge in [0.2, 0.25) is 5.91 Å². The van der Waals surface area contributed by atoms with Gasteiger partial charge in [0, 0.05) is 18.9 Å². The SMILES string of the molecule is CN=C(NCC(=O)Nc1cccc(F)c1)NCc1nnc2ccccn12. The highest BCUT2D eigenvalue weighted by Gasteiger charge is 2.07. The van der Waals surface area contributed by atoms with Gasteiger partial charge in [-0.3, -0.25) is 14.2 Å². The largest absolute Gasteiger partial charge is 0.349 e. The molecule has 3 aromatic rings. The molecule has 0 aliphatic rings. The summed E-state index contributed by atoms with van der Waals surface area (Å²) in [7, 11) is 1.60. The van der Waals surface area contributed by atoms with Crippen LogP contribution < -0.4 is 16.0 Å². The van der Waals surface area contributed by atoms with Crippen molar-refractivity contribution < 1.29 is 9.18 Å². The van der Waals surface area contributed by atoms with Crippen LogP contribution in [0.2, 0.25) is 0 Å². The van der Waals surface area contributed by atoms with Gasteiger partial charge in [-0.05, 0) is 30.3 Å². The fourth-order valence-corrected chi connectivity index (χ4v) is 2.33. The van der Waals surface area contributed by atoms with Crippen molar-refractivity contribution in [2.45, 2.75) is 6.54 Å². The number of aliphatic imine (C=N–C) groups is 1. The summed E-state index contributed by atoms with van der Waals surface area (Å²) >= 11 is 0. The first kappa shape index (κ1) is 17.3. The Labute approximate surface area is 149 Å². The Hall–Kier alpha value is -3.49. The van der Waals surface area contributed by atoms with Crippen LogP contribution in [0.3, 0.4) is 0 Å². The maximum Gasteiger partial charge on any atom is 0.243 e. The molecule has 0 saturated carbocycles. The third-order valence-corrected chi connectivity index (χ3v) is 3.55. The van der Waals surface area contributed by atoms with Gasteiger partial charge >= 0.3 is 0 Å². The molecule has 9 heteroatoms. The first-order valence-electron chi connectivity index (χ1n) is 7.94. The molecule has 3 N–H and O–H groups in total. The Morgan fingerprint density at radius 2 is 2.08 bits per heavy atom. The lowest BCUT2D eigenvalue weighted by Gasteiger charge is -2.11. The van der Waals surface area contributed by atoms with Crippen LogP contribution in [-0.4, -0.2) is 40.1 Å². The van der Waals surface area contributed by atoms with E-state index in [1.807, 2.05) is 28.8 Å². The summed E-state index contributed by atoms with van der Waals surface area (Å²) < 4.78 is 15.0. The van der Waals surface area contributed by atoms with Crippen molar-refractivity contribution in [2.75, 3.05) is 18.9 Å². The maximum absolute atomic E-state index is 13.1. The zero-order valence-corrected chi connectivity index (χ0v) is 14.1. The molecule has 0 aliphatic heterocycles. The van der Waals surface area contributed by atoms with Crippen molar-refractivity contribution >= 4 is 23.2 Å². The number of rotatable bonds is 5. The van der Waals surface area contributed by atoms with Gasteiger partial charge in [-0.1, -0.05) is 12.1 Å². The van der Waals surface area contributed by atoms with Crippen molar-refractivity contribution in [2.24, 2.45) is 4.99 Å². The maximum atomic E-state index is 13.1. The van der Waals surface area contributed by atoms with Gasteiger partial charge in [0.25, 0.3) is 0 Å². The van der Waals surface area contributed by atoms with E-state index in [1.165, 1.54) is 18.2 Å². The van der Waals surface area contributed by atoms with Crippen molar-refractivity contribution in [1.82, 2.24) is 25.2 Å². The summed E-state index contributed by atoms with van der Waals surface area (Å²) in [4.78, 5) is 16.0. The molecule has 0 spiro atoms. The van der Waals surface area contributed by atoms with E-state index < -0.39 is 5.82 Å². The lowest BCUT2D eigenvalue weighted by molar-refractivity contribution is -0.115. The molecule has 1 amide bonds. The fourth-order valence-electron chi connectivity index (χ4n) is 2.33. The summed E-state index contributed by atoms with van der Waals surface area (Å²) in [5.41, 5.74) is 1.15. The minimum absolute atomic E-state index is 0.0171. The number of nitrogens with zero attached hydrogens (tertiary/aromatic N) is 4. The number of hydrogen-bond acceptors (Lipinski definition) is 4. The molecule has 0 radical (unpaired) electrons. The van der Waals surface area contributed by atoms with Crippen LogP contribution in [0.25, 0.3) is 5.65 Å². The van der Waals surface area contributed by atoms with Crippen LogP contribution in [0.4, 0.5) is 10.1 Å². The molecule has 2 heterocycles. The average Bonchev–Trinajstić information content (AvgIpc) is 3.05. The monoisotopic (exact) mass is 355 g/mol. The first-order valence-corrected chi connectivity index (χ1v) is 7.94. The number of carbonyl (C=O) groups excluding carboxylic acids is 1. The van der Waals surface area contributed by atoms with Crippen LogP contribution in [0.15, 0.2) is 53.7 Å². The molecular formula is C17H18FN7O. The standard InChI is InChI=1S/C17H18FN7O/c1-19-17(20-10-15-24-23-14-7-2-3-8-25(14)15)21-11-16(26)22-13-6-4-5-12(18)9-13/h2-9H,10-11H2,1H3,(H,22,26)(H2,19,20,21). The number of halogens is 1. The van der Waals surface area contributed by atoms with Gasteiger partial charge in [0.1, 0.15) is 5.82 Å². The molecule has 0 saturated heterocycles. The normalized spacial score (nSPS) is 11.4. The van der Waals surface area contributed by atoms with Crippen LogP contribution >= 0.6 is 0 Å².